The minimum absolute atomic E-state index is 0.310. The van der Waals surface area contributed by atoms with Gasteiger partial charge in [-0.2, -0.15) is 0 Å². The molecule has 0 amide bonds. The van der Waals surface area contributed by atoms with Crippen molar-refractivity contribution in [2.75, 3.05) is 13.1 Å². The van der Waals surface area contributed by atoms with Crippen molar-refractivity contribution in [3.63, 3.8) is 0 Å². The van der Waals surface area contributed by atoms with E-state index in [0.717, 1.165) is 25.4 Å². The summed E-state index contributed by atoms with van der Waals surface area (Å²) >= 11 is 0. The van der Waals surface area contributed by atoms with E-state index < -0.39 is 0 Å². The molecule has 1 fully saturated rings. The van der Waals surface area contributed by atoms with Gasteiger partial charge in [0.1, 0.15) is 0 Å². The van der Waals surface area contributed by atoms with Crippen LogP contribution >= 0.6 is 0 Å². The van der Waals surface area contributed by atoms with Crippen LogP contribution in [-0.2, 0) is 6.54 Å². The third-order valence-corrected chi connectivity index (χ3v) is 4.15. The van der Waals surface area contributed by atoms with Crippen molar-refractivity contribution in [2.24, 2.45) is 11.7 Å². The van der Waals surface area contributed by atoms with E-state index in [-0.39, 0.29) is 0 Å². The van der Waals surface area contributed by atoms with Crippen LogP contribution in [0.5, 0.6) is 0 Å². The van der Waals surface area contributed by atoms with Gasteiger partial charge in [-0.3, -0.25) is 4.90 Å². The Morgan fingerprint density at radius 2 is 2.06 bits per heavy atom. The highest BCUT2D eigenvalue weighted by molar-refractivity contribution is 5.16. The first-order valence-corrected chi connectivity index (χ1v) is 6.16. The SMILES string of the molecule is C[C@H]1CN(Cc2ccccc2)[C@]1(C)CCN. The first-order chi connectivity index (χ1) is 7.66. The second-order valence-electron chi connectivity index (χ2n) is 5.16. The molecule has 1 aromatic carbocycles. The molecule has 2 nitrogen and oxygen atoms in total. The summed E-state index contributed by atoms with van der Waals surface area (Å²) in [5, 5.41) is 0. The Hall–Kier alpha value is -0.860. The standard InChI is InChI=1S/C14H22N2/c1-12-10-16(14(12,2)8-9-15)11-13-6-4-3-5-7-13/h3-7,12H,8-11,15H2,1-2H3/t12-,14+/m0/s1. The Bertz CT molecular complexity index is 336. The largest absolute Gasteiger partial charge is 0.330 e. The zero-order chi connectivity index (χ0) is 11.6. The molecule has 2 heteroatoms. The van der Waals surface area contributed by atoms with Crippen LogP contribution in [0.25, 0.3) is 0 Å². The monoisotopic (exact) mass is 218 g/mol. The highest BCUT2D eigenvalue weighted by Crippen LogP contribution is 2.39. The maximum atomic E-state index is 5.72. The van der Waals surface area contributed by atoms with Gasteiger partial charge in [-0.05, 0) is 31.4 Å². The Balaban J connectivity index is 2.01. The van der Waals surface area contributed by atoms with Gasteiger partial charge in [0.25, 0.3) is 0 Å². The molecule has 2 rings (SSSR count). The molecule has 1 aromatic rings. The van der Waals surface area contributed by atoms with Crippen LogP contribution in [0, 0.1) is 5.92 Å². The first kappa shape index (κ1) is 11.6. The van der Waals surface area contributed by atoms with E-state index in [9.17, 15) is 0 Å². The summed E-state index contributed by atoms with van der Waals surface area (Å²) in [5.74, 6) is 0.764. The normalized spacial score (nSPS) is 30.1. The number of nitrogens with two attached hydrogens (primary N) is 1. The van der Waals surface area contributed by atoms with Crippen LogP contribution in [0.4, 0.5) is 0 Å². The second-order valence-corrected chi connectivity index (χ2v) is 5.16. The molecule has 0 aliphatic carbocycles. The minimum atomic E-state index is 0.310. The number of benzene rings is 1. The molecule has 2 atom stereocenters. The summed E-state index contributed by atoms with van der Waals surface area (Å²) in [4.78, 5) is 2.56. The summed E-state index contributed by atoms with van der Waals surface area (Å²) < 4.78 is 0. The lowest BCUT2D eigenvalue weighted by atomic mass is 9.74. The number of nitrogens with zero attached hydrogens (tertiary/aromatic N) is 1. The van der Waals surface area contributed by atoms with Crippen molar-refractivity contribution >= 4 is 0 Å². The molecule has 0 unspecified atom stereocenters. The summed E-state index contributed by atoms with van der Waals surface area (Å²) in [6.07, 6.45) is 1.10. The van der Waals surface area contributed by atoms with Crippen LogP contribution in [0.15, 0.2) is 30.3 Å². The number of likely N-dealkylation sites (tertiary alicyclic amines) is 1. The lowest BCUT2D eigenvalue weighted by Gasteiger charge is -2.56. The Labute approximate surface area is 98.4 Å². The third-order valence-electron chi connectivity index (χ3n) is 4.15. The van der Waals surface area contributed by atoms with Gasteiger partial charge >= 0.3 is 0 Å². The van der Waals surface area contributed by atoms with Crippen LogP contribution < -0.4 is 5.73 Å². The lowest BCUT2D eigenvalue weighted by Crippen LogP contribution is -2.64. The van der Waals surface area contributed by atoms with Gasteiger partial charge in [0.15, 0.2) is 0 Å². The minimum Gasteiger partial charge on any atom is -0.330 e. The van der Waals surface area contributed by atoms with Gasteiger partial charge < -0.3 is 5.73 Å². The highest BCUT2D eigenvalue weighted by Gasteiger charge is 2.45. The lowest BCUT2D eigenvalue weighted by molar-refractivity contribution is -0.0711. The predicted octanol–water partition coefficient (Wildman–Crippen LogP) is 2.25. The van der Waals surface area contributed by atoms with E-state index in [2.05, 4.69) is 49.1 Å². The summed E-state index contributed by atoms with van der Waals surface area (Å²) in [6, 6.07) is 10.7. The quantitative estimate of drug-likeness (QED) is 0.840. The van der Waals surface area contributed by atoms with Gasteiger partial charge in [-0.1, -0.05) is 37.3 Å². The molecule has 2 N–H and O–H groups in total. The molecule has 0 spiro atoms. The fourth-order valence-electron chi connectivity index (χ4n) is 2.68. The smallest absolute Gasteiger partial charge is 0.0239 e. The molecule has 0 radical (unpaired) electrons. The first-order valence-electron chi connectivity index (χ1n) is 6.16. The van der Waals surface area contributed by atoms with Gasteiger partial charge in [-0.15, -0.1) is 0 Å². The van der Waals surface area contributed by atoms with Crippen molar-refractivity contribution < 1.29 is 0 Å². The van der Waals surface area contributed by atoms with Crippen LogP contribution in [0.1, 0.15) is 25.8 Å². The molecular weight excluding hydrogens is 196 g/mol. The molecule has 1 heterocycles. The van der Waals surface area contributed by atoms with Gasteiger partial charge in [0, 0.05) is 18.6 Å². The molecule has 0 saturated carbocycles. The van der Waals surface area contributed by atoms with Gasteiger partial charge in [0.05, 0.1) is 0 Å². The van der Waals surface area contributed by atoms with Crippen molar-refractivity contribution in [1.29, 1.82) is 0 Å². The molecule has 0 bridgehead atoms. The van der Waals surface area contributed by atoms with Crippen LogP contribution in [0.2, 0.25) is 0 Å². The average Bonchev–Trinajstić information content (AvgIpc) is 2.30. The van der Waals surface area contributed by atoms with E-state index in [4.69, 9.17) is 5.73 Å². The number of hydrogen-bond donors (Lipinski definition) is 1. The Morgan fingerprint density at radius 3 is 2.62 bits per heavy atom. The molecule has 1 saturated heterocycles. The predicted molar refractivity (Wildman–Crippen MR) is 68.1 cm³/mol. The summed E-state index contributed by atoms with van der Waals surface area (Å²) in [6.45, 7) is 7.72. The van der Waals surface area contributed by atoms with E-state index in [1.165, 1.54) is 12.1 Å². The fourth-order valence-corrected chi connectivity index (χ4v) is 2.68. The zero-order valence-electron chi connectivity index (χ0n) is 10.3. The van der Waals surface area contributed by atoms with Crippen molar-refractivity contribution in [1.82, 2.24) is 4.90 Å². The van der Waals surface area contributed by atoms with E-state index in [0.29, 0.717) is 5.54 Å². The molecule has 0 aromatic heterocycles. The third kappa shape index (κ3) is 2.00. The fraction of sp³-hybridized carbons (Fsp3) is 0.571. The number of rotatable bonds is 4. The van der Waals surface area contributed by atoms with Crippen LogP contribution in [0.3, 0.4) is 0 Å². The summed E-state index contributed by atoms with van der Waals surface area (Å²) in [5.41, 5.74) is 7.43. The van der Waals surface area contributed by atoms with E-state index in [1.807, 2.05) is 0 Å². The van der Waals surface area contributed by atoms with Crippen molar-refractivity contribution in [3.8, 4) is 0 Å². The molecule has 1 aliphatic heterocycles. The van der Waals surface area contributed by atoms with Crippen molar-refractivity contribution in [2.45, 2.75) is 32.4 Å². The Kier molecular flexibility index (Phi) is 3.31. The maximum Gasteiger partial charge on any atom is 0.0239 e. The van der Waals surface area contributed by atoms with Crippen molar-refractivity contribution in [3.05, 3.63) is 35.9 Å². The number of hydrogen-bond acceptors (Lipinski definition) is 2. The highest BCUT2D eigenvalue weighted by atomic mass is 15.3. The summed E-state index contributed by atoms with van der Waals surface area (Å²) in [7, 11) is 0. The van der Waals surface area contributed by atoms with E-state index >= 15 is 0 Å². The second kappa shape index (κ2) is 4.56. The maximum absolute atomic E-state index is 5.72. The zero-order valence-corrected chi connectivity index (χ0v) is 10.3. The topological polar surface area (TPSA) is 29.3 Å². The molecule has 16 heavy (non-hydrogen) atoms. The average molecular weight is 218 g/mol. The Morgan fingerprint density at radius 1 is 1.38 bits per heavy atom. The molecule has 1 aliphatic rings. The van der Waals surface area contributed by atoms with Gasteiger partial charge in [-0.25, -0.2) is 0 Å². The molecular formula is C14H22N2. The van der Waals surface area contributed by atoms with Gasteiger partial charge in [0.2, 0.25) is 0 Å². The molecule has 88 valence electrons. The van der Waals surface area contributed by atoms with Crippen LogP contribution in [-0.4, -0.2) is 23.5 Å². The van der Waals surface area contributed by atoms with E-state index in [1.54, 1.807) is 0 Å².